The van der Waals surface area contributed by atoms with Crippen LogP contribution in [0.2, 0.25) is 0 Å². The van der Waals surface area contributed by atoms with Crippen molar-refractivity contribution in [3.63, 3.8) is 0 Å². The molecule has 1 aliphatic heterocycles. The summed E-state index contributed by atoms with van der Waals surface area (Å²) in [6, 6.07) is 7.49. The normalized spacial score (nSPS) is 20.1. The van der Waals surface area contributed by atoms with Gasteiger partial charge in [0.2, 0.25) is 0 Å². The van der Waals surface area contributed by atoms with E-state index in [0.29, 0.717) is 11.3 Å². The number of rotatable bonds is 2. The van der Waals surface area contributed by atoms with Gasteiger partial charge in [-0.25, -0.2) is 0 Å². The maximum absolute atomic E-state index is 9.11. The van der Waals surface area contributed by atoms with Gasteiger partial charge in [0.05, 0.1) is 23.9 Å². The number of nitrogens with zero attached hydrogens (tertiary/aromatic N) is 1. The topological polar surface area (TPSA) is 51.5 Å². The van der Waals surface area contributed by atoms with E-state index in [2.05, 4.69) is 6.07 Å². The van der Waals surface area contributed by atoms with E-state index < -0.39 is 7.12 Å². The van der Waals surface area contributed by atoms with Crippen LogP contribution in [0.15, 0.2) is 18.2 Å². The third kappa shape index (κ3) is 2.34. The van der Waals surface area contributed by atoms with Crippen LogP contribution in [-0.4, -0.2) is 25.4 Å². The van der Waals surface area contributed by atoms with Crippen LogP contribution in [-0.2, 0) is 9.31 Å². The maximum atomic E-state index is 9.11. The van der Waals surface area contributed by atoms with Gasteiger partial charge < -0.3 is 14.0 Å². The summed E-state index contributed by atoms with van der Waals surface area (Å²) in [6.07, 6.45) is 0. The highest BCUT2D eigenvalue weighted by atomic mass is 16.7. The van der Waals surface area contributed by atoms with Crippen LogP contribution in [0.3, 0.4) is 0 Å². The lowest BCUT2D eigenvalue weighted by atomic mass is 9.78. The second-order valence-corrected chi connectivity index (χ2v) is 5.66. The largest absolute Gasteiger partial charge is 0.495 e. The van der Waals surface area contributed by atoms with E-state index in [4.69, 9.17) is 19.3 Å². The van der Waals surface area contributed by atoms with Gasteiger partial charge in [0.15, 0.2) is 0 Å². The first-order valence-electron chi connectivity index (χ1n) is 6.24. The zero-order valence-corrected chi connectivity index (χ0v) is 12.0. The third-order valence-corrected chi connectivity index (χ3v) is 3.87. The average molecular weight is 259 g/mol. The van der Waals surface area contributed by atoms with Crippen LogP contribution in [0.1, 0.15) is 33.3 Å². The molecule has 0 radical (unpaired) electrons. The van der Waals surface area contributed by atoms with Crippen molar-refractivity contribution in [1.82, 2.24) is 0 Å². The molecule has 0 spiro atoms. The zero-order chi connectivity index (χ0) is 14.3. The van der Waals surface area contributed by atoms with E-state index in [1.165, 1.54) is 0 Å². The zero-order valence-electron chi connectivity index (χ0n) is 12.0. The van der Waals surface area contributed by atoms with E-state index in [9.17, 15) is 0 Å². The quantitative estimate of drug-likeness (QED) is 0.761. The van der Waals surface area contributed by atoms with Crippen molar-refractivity contribution >= 4 is 12.6 Å². The van der Waals surface area contributed by atoms with Crippen molar-refractivity contribution < 1.29 is 14.0 Å². The Labute approximate surface area is 114 Å². The molecule has 4 nitrogen and oxygen atoms in total. The number of hydrogen-bond acceptors (Lipinski definition) is 4. The molecule has 0 unspecified atom stereocenters. The first-order chi connectivity index (χ1) is 8.80. The minimum Gasteiger partial charge on any atom is -0.495 e. The first-order valence-corrected chi connectivity index (χ1v) is 6.24. The Morgan fingerprint density at radius 3 is 2.21 bits per heavy atom. The average Bonchev–Trinajstić information content (AvgIpc) is 2.57. The Hall–Kier alpha value is -1.51. The van der Waals surface area contributed by atoms with Crippen molar-refractivity contribution in [3.05, 3.63) is 23.8 Å². The van der Waals surface area contributed by atoms with Crippen molar-refractivity contribution in [2.24, 2.45) is 0 Å². The highest BCUT2D eigenvalue weighted by molar-refractivity contribution is 6.62. The summed E-state index contributed by atoms with van der Waals surface area (Å²) in [5.74, 6) is 0.558. The molecule has 0 saturated carbocycles. The van der Waals surface area contributed by atoms with Gasteiger partial charge in [-0.1, -0.05) is 6.07 Å². The Balaban J connectivity index is 2.33. The number of hydrogen-bond donors (Lipinski definition) is 0. The van der Waals surface area contributed by atoms with Gasteiger partial charge in [-0.2, -0.15) is 5.26 Å². The Bertz CT molecular complexity index is 518. The molecule has 1 heterocycles. The number of ether oxygens (including phenoxy) is 1. The summed E-state index contributed by atoms with van der Waals surface area (Å²) in [7, 11) is 1.09. The van der Waals surface area contributed by atoms with Gasteiger partial charge in [0.25, 0.3) is 0 Å². The summed E-state index contributed by atoms with van der Waals surface area (Å²) >= 11 is 0. The summed E-state index contributed by atoms with van der Waals surface area (Å²) in [5.41, 5.74) is 0.542. The predicted molar refractivity (Wildman–Crippen MR) is 73.4 cm³/mol. The summed E-state index contributed by atoms with van der Waals surface area (Å²) in [6.45, 7) is 8.01. The van der Waals surface area contributed by atoms with E-state index in [-0.39, 0.29) is 11.2 Å². The van der Waals surface area contributed by atoms with Crippen LogP contribution in [0.5, 0.6) is 5.75 Å². The van der Waals surface area contributed by atoms with E-state index in [0.717, 1.165) is 5.46 Å². The van der Waals surface area contributed by atoms with Crippen molar-refractivity contribution in [2.75, 3.05) is 7.11 Å². The lowest BCUT2D eigenvalue weighted by Crippen LogP contribution is -2.41. The maximum Gasteiger partial charge on any atom is 0.494 e. The molecular formula is C14H18BNO3. The van der Waals surface area contributed by atoms with Crippen molar-refractivity contribution in [1.29, 1.82) is 5.26 Å². The molecule has 19 heavy (non-hydrogen) atoms. The fourth-order valence-electron chi connectivity index (χ4n) is 1.94. The highest BCUT2D eigenvalue weighted by Crippen LogP contribution is 2.36. The third-order valence-electron chi connectivity index (χ3n) is 3.87. The molecule has 0 aliphatic carbocycles. The SMILES string of the molecule is COc1ccc(B2OC(C)(C)C(C)(C)O2)cc1C#N. The molecule has 1 saturated heterocycles. The lowest BCUT2D eigenvalue weighted by Gasteiger charge is -2.32. The minimum atomic E-state index is -0.456. The second-order valence-electron chi connectivity index (χ2n) is 5.66. The molecular weight excluding hydrogens is 241 g/mol. The molecule has 2 rings (SSSR count). The molecule has 1 aliphatic rings. The highest BCUT2D eigenvalue weighted by Gasteiger charge is 2.51. The monoisotopic (exact) mass is 259 g/mol. The smallest absolute Gasteiger partial charge is 0.494 e. The van der Waals surface area contributed by atoms with Crippen molar-refractivity contribution in [2.45, 2.75) is 38.9 Å². The molecule has 5 heteroatoms. The van der Waals surface area contributed by atoms with Gasteiger partial charge in [-0.3, -0.25) is 0 Å². The predicted octanol–water partition coefficient (Wildman–Crippen LogP) is 1.87. The fraction of sp³-hybridized carbons (Fsp3) is 0.500. The minimum absolute atomic E-state index is 0.385. The Morgan fingerprint density at radius 2 is 1.74 bits per heavy atom. The van der Waals surface area contributed by atoms with Gasteiger partial charge >= 0.3 is 7.12 Å². The van der Waals surface area contributed by atoms with Crippen LogP contribution in [0.25, 0.3) is 0 Å². The first kappa shape index (κ1) is 13.9. The molecule has 1 fully saturated rings. The van der Waals surface area contributed by atoms with Crippen LogP contribution < -0.4 is 10.2 Å². The second kappa shape index (κ2) is 4.55. The summed E-state index contributed by atoms with van der Waals surface area (Å²) in [4.78, 5) is 0. The molecule has 0 amide bonds. The number of methoxy groups -OCH3 is 1. The molecule has 0 N–H and O–H groups in total. The van der Waals surface area contributed by atoms with E-state index in [1.807, 2.05) is 33.8 Å². The Morgan fingerprint density at radius 1 is 1.16 bits per heavy atom. The molecule has 1 aromatic carbocycles. The van der Waals surface area contributed by atoms with Crippen LogP contribution in [0, 0.1) is 11.3 Å². The van der Waals surface area contributed by atoms with Crippen LogP contribution in [0.4, 0.5) is 0 Å². The fourth-order valence-corrected chi connectivity index (χ4v) is 1.94. The molecule has 100 valence electrons. The molecule has 0 atom stereocenters. The number of benzene rings is 1. The Kier molecular flexibility index (Phi) is 3.33. The number of nitriles is 1. The van der Waals surface area contributed by atoms with E-state index in [1.54, 1.807) is 19.2 Å². The molecule has 0 aromatic heterocycles. The van der Waals surface area contributed by atoms with Crippen LogP contribution >= 0.6 is 0 Å². The molecule has 1 aromatic rings. The summed E-state index contributed by atoms with van der Waals surface area (Å²) in [5, 5.41) is 9.11. The van der Waals surface area contributed by atoms with Gasteiger partial charge in [-0.15, -0.1) is 0 Å². The van der Waals surface area contributed by atoms with Gasteiger partial charge in [-0.05, 0) is 45.3 Å². The summed E-state index contributed by atoms with van der Waals surface area (Å²) < 4.78 is 17.0. The van der Waals surface area contributed by atoms with E-state index >= 15 is 0 Å². The standard InChI is InChI=1S/C14H18BNO3/c1-13(2)14(3,4)19-15(18-13)11-6-7-12(17-5)10(8-11)9-16/h6-8H,1-5H3. The van der Waals surface area contributed by atoms with Crippen molar-refractivity contribution in [3.8, 4) is 11.8 Å². The van der Waals surface area contributed by atoms with Gasteiger partial charge in [0.1, 0.15) is 11.8 Å². The molecule has 0 bridgehead atoms. The van der Waals surface area contributed by atoms with Gasteiger partial charge in [0, 0.05) is 0 Å². The lowest BCUT2D eigenvalue weighted by molar-refractivity contribution is 0.00578.